The van der Waals surface area contributed by atoms with Gasteiger partial charge in [0.2, 0.25) is 0 Å². The quantitative estimate of drug-likeness (QED) is 0.521. The lowest BCUT2D eigenvalue weighted by atomic mass is 9.95. The van der Waals surface area contributed by atoms with E-state index in [2.05, 4.69) is 34.6 Å². The van der Waals surface area contributed by atoms with Crippen LogP contribution in [0.4, 0.5) is 5.82 Å². The van der Waals surface area contributed by atoms with Crippen molar-refractivity contribution in [3.05, 3.63) is 60.8 Å². The fourth-order valence-corrected chi connectivity index (χ4v) is 4.03. The van der Waals surface area contributed by atoms with Crippen molar-refractivity contribution in [2.75, 3.05) is 5.32 Å². The maximum atomic E-state index is 4.93. The number of pyridine rings is 1. The van der Waals surface area contributed by atoms with Gasteiger partial charge in [0.1, 0.15) is 11.5 Å². The maximum absolute atomic E-state index is 4.93. The molecular formula is C23H22N4. The first-order valence-corrected chi connectivity index (χ1v) is 9.76. The molecule has 4 heteroatoms. The Hall–Kier alpha value is -3.01. The second-order valence-electron chi connectivity index (χ2n) is 7.27. The van der Waals surface area contributed by atoms with Gasteiger partial charge in [0.15, 0.2) is 5.82 Å². The molecule has 1 N–H and O–H groups in total. The van der Waals surface area contributed by atoms with Gasteiger partial charge in [-0.3, -0.25) is 4.98 Å². The molecule has 27 heavy (non-hydrogen) atoms. The average molecular weight is 354 g/mol. The third-order valence-corrected chi connectivity index (χ3v) is 5.43. The molecule has 134 valence electrons. The first-order valence-electron chi connectivity index (χ1n) is 9.76. The van der Waals surface area contributed by atoms with E-state index >= 15 is 0 Å². The fraction of sp³-hybridized carbons (Fsp3) is 0.261. The van der Waals surface area contributed by atoms with Crippen molar-refractivity contribution in [3.8, 4) is 11.5 Å². The smallest absolute Gasteiger partial charge is 0.181 e. The SMILES string of the molecule is c1ccc2c(-c3nc(NC4CCCCC4)c4ccccc4n3)nccc2c1. The second kappa shape index (κ2) is 6.95. The van der Waals surface area contributed by atoms with Crippen LogP contribution in [-0.4, -0.2) is 21.0 Å². The molecule has 0 radical (unpaired) electrons. The molecule has 0 spiro atoms. The zero-order valence-electron chi connectivity index (χ0n) is 15.2. The summed E-state index contributed by atoms with van der Waals surface area (Å²) in [5.74, 6) is 1.61. The van der Waals surface area contributed by atoms with Crippen molar-refractivity contribution >= 4 is 27.5 Å². The Balaban J connectivity index is 1.66. The summed E-state index contributed by atoms with van der Waals surface area (Å²) in [6.45, 7) is 0. The molecule has 2 heterocycles. The average Bonchev–Trinajstić information content (AvgIpc) is 2.74. The number of para-hydroxylation sites is 1. The summed E-state index contributed by atoms with van der Waals surface area (Å²) in [7, 11) is 0. The number of benzene rings is 2. The second-order valence-corrected chi connectivity index (χ2v) is 7.27. The molecule has 1 fully saturated rings. The molecule has 0 bridgehead atoms. The first kappa shape index (κ1) is 16.2. The first-order chi connectivity index (χ1) is 13.4. The third-order valence-electron chi connectivity index (χ3n) is 5.43. The minimum absolute atomic E-state index is 0.491. The molecule has 2 aromatic carbocycles. The largest absolute Gasteiger partial charge is 0.367 e. The van der Waals surface area contributed by atoms with E-state index in [0.717, 1.165) is 33.2 Å². The zero-order valence-corrected chi connectivity index (χ0v) is 15.2. The minimum Gasteiger partial charge on any atom is -0.367 e. The highest BCUT2D eigenvalue weighted by molar-refractivity contribution is 5.96. The van der Waals surface area contributed by atoms with Crippen LogP contribution in [0.25, 0.3) is 33.2 Å². The molecule has 0 atom stereocenters. The summed E-state index contributed by atoms with van der Waals surface area (Å²) >= 11 is 0. The van der Waals surface area contributed by atoms with Crippen molar-refractivity contribution in [1.29, 1.82) is 0 Å². The summed E-state index contributed by atoms with van der Waals surface area (Å²) < 4.78 is 0. The van der Waals surface area contributed by atoms with Crippen LogP contribution in [0, 0.1) is 0 Å². The van der Waals surface area contributed by atoms with Gasteiger partial charge in [0.05, 0.1) is 5.52 Å². The minimum atomic E-state index is 0.491. The molecule has 4 aromatic rings. The summed E-state index contributed by atoms with van der Waals surface area (Å²) in [5, 5.41) is 7.02. The molecule has 1 saturated carbocycles. The monoisotopic (exact) mass is 354 g/mol. The maximum Gasteiger partial charge on any atom is 0.181 e. The number of nitrogens with zero attached hydrogens (tertiary/aromatic N) is 3. The van der Waals surface area contributed by atoms with Crippen LogP contribution in [0.1, 0.15) is 32.1 Å². The van der Waals surface area contributed by atoms with Gasteiger partial charge in [0.25, 0.3) is 0 Å². The molecule has 1 aliphatic carbocycles. The Kier molecular flexibility index (Phi) is 4.17. The number of fused-ring (bicyclic) bond motifs is 2. The van der Waals surface area contributed by atoms with E-state index in [9.17, 15) is 0 Å². The highest BCUT2D eigenvalue weighted by Crippen LogP contribution is 2.30. The Morgan fingerprint density at radius 1 is 0.778 bits per heavy atom. The van der Waals surface area contributed by atoms with Crippen molar-refractivity contribution in [2.45, 2.75) is 38.1 Å². The van der Waals surface area contributed by atoms with Crippen LogP contribution in [0.5, 0.6) is 0 Å². The molecule has 0 aliphatic heterocycles. The summed E-state index contributed by atoms with van der Waals surface area (Å²) in [6, 6.07) is 19.0. The van der Waals surface area contributed by atoms with E-state index in [-0.39, 0.29) is 0 Å². The van der Waals surface area contributed by atoms with Gasteiger partial charge in [-0.2, -0.15) is 0 Å². The predicted molar refractivity (Wildman–Crippen MR) is 111 cm³/mol. The topological polar surface area (TPSA) is 50.7 Å². The number of nitrogens with one attached hydrogen (secondary N) is 1. The van der Waals surface area contributed by atoms with Crippen molar-refractivity contribution in [3.63, 3.8) is 0 Å². The molecule has 4 nitrogen and oxygen atoms in total. The third kappa shape index (κ3) is 3.12. The molecule has 2 aromatic heterocycles. The van der Waals surface area contributed by atoms with Gasteiger partial charge in [0, 0.05) is 23.0 Å². The molecule has 5 rings (SSSR count). The zero-order chi connectivity index (χ0) is 18.1. The van der Waals surface area contributed by atoms with Gasteiger partial charge in [-0.15, -0.1) is 0 Å². The highest BCUT2D eigenvalue weighted by Gasteiger charge is 2.17. The lowest BCUT2D eigenvalue weighted by Gasteiger charge is -2.24. The van der Waals surface area contributed by atoms with Crippen LogP contribution >= 0.6 is 0 Å². The van der Waals surface area contributed by atoms with E-state index in [1.807, 2.05) is 36.5 Å². The van der Waals surface area contributed by atoms with Crippen LogP contribution in [0.15, 0.2) is 60.8 Å². The van der Waals surface area contributed by atoms with Gasteiger partial charge in [-0.25, -0.2) is 9.97 Å². The van der Waals surface area contributed by atoms with Crippen molar-refractivity contribution in [1.82, 2.24) is 15.0 Å². The van der Waals surface area contributed by atoms with Gasteiger partial charge in [-0.1, -0.05) is 55.7 Å². The highest BCUT2D eigenvalue weighted by atomic mass is 15.1. The Morgan fingerprint density at radius 3 is 2.44 bits per heavy atom. The van der Waals surface area contributed by atoms with E-state index in [1.54, 1.807) is 0 Å². The summed E-state index contributed by atoms with van der Waals surface area (Å²) in [4.78, 5) is 14.4. The fourth-order valence-electron chi connectivity index (χ4n) is 4.03. The van der Waals surface area contributed by atoms with E-state index in [0.29, 0.717) is 11.9 Å². The van der Waals surface area contributed by atoms with Crippen LogP contribution in [0.2, 0.25) is 0 Å². The number of hydrogen-bond donors (Lipinski definition) is 1. The van der Waals surface area contributed by atoms with Crippen LogP contribution < -0.4 is 5.32 Å². The molecule has 0 saturated heterocycles. The number of anilines is 1. The molecular weight excluding hydrogens is 332 g/mol. The van der Waals surface area contributed by atoms with Gasteiger partial charge < -0.3 is 5.32 Å². The Labute approximate surface area is 158 Å². The Morgan fingerprint density at radius 2 is 1.56 bits per heavy atom. The lowest BCUT2D eigenvalue weighted by molar-refractivity contribution is 0.462. The normalized spacial score (nSPS) is 15.3. The van der Waals surface area contributed by atoms with E-state index in [1.165, 1.54) is 32.1 Å². The van der Waals surface area contributed by atoms with Crippen LogP contribution in [-0.2, 0) is 0 Å². The standard InChI is InChI=1S/C23H22N4/c1-2-9-17(10-3-1)25-22-19-12-6-7-13-20(19)26-23(27-22)21-18-11-5-4-8-16(18)14-15-24-21/h4-8,11-15,17H,1-3,9-10H2,(H,25,26,27). The Bertz CT molecular complexity index is 1090. The number of hydrogen-bond acceptors (Lipinski definition) is 4. The summed E-state index contributed by atoms with van der Waals surface area (Å²) in [6.07, 6.45) is 8.18. The van der Waals surface area contributed by atoms with Crippen LogP contribution in [0.3, 0.4) is 0 Å². The molecule has 0 amide bonds. The van der Waals surface area contributed by atoms with E-state index < -0.39 is 0 Å². The van der Waals surface area contributed by atoms with Crippen molar-refractivity contribution in [2.24, 2.45) is 0 Å². The summed E-state index contributed by atoms with van der Waals surface area (Å²) in [5.41, 5.74) is 1.79. The number of aromatic nitrogens is 3. The van der Waals surface area contributed by atoms with Gasteiger partial charge >= 0.3 is 0 Å². The van der Waals surface area contributed by atoms with Crippen molar-refractivity contribution < 1.29 is 0 Å². The number of rotatable bonds is 3. The van der Waals surface area contributed by atoms with E-state index in [4.69, 9.17) is 9.97 Å². The predicted octanol–water partition coefficient (Wildman–Crippen LogP) is 5.59. The molecule has 1 aliphatic rings. The molecule has 0 unspecified atom stereocenters. The lowest BCUT2D eigenvalue weighted by Crippen LogP contribution is -2.23. The van der Waals surface area contributed by atoms with Gasteiger partial charge in [-0.05, 0) is 36.4 Å².